The van der Waals surface area contributed by atoms with Crippen molar-refractivity contribution in [1.29, 1.82) is 0 Å². The van der Waals surface area contributed by atoms with Crippen molar-refractivity contribution >= 4 is 0 Å². The second kappa shape index (κ2) is 5.50. The zero-order valence-electron chi connectivity index (χ0n) is 12.9. The number of piperidine rings is 1. The standard InChI is InChI=1S/C18H28N2/c1-14-9-11-20(15(2)12-14)18(13-19)10-5-7-16-6-3-4-8-17(16)18/h3-4,6,8,14-15H,5,7,9-13,19H2,1-2H3. The lowest BCUT2D eigenvalue weighted by atomic mass is 9.73. The molecule has 0 saturated carbocycles. The fourth-order valence-corrected chi connectivity index (χ4v) is 4.57. The Morgan fingerprint density at radius 3 is 2.85 bits per heavy atom. The summed E-state index contributed by atoms with van der Waals surface area (Å²) in [6.45, 7) is 6.73. The van der Waals surface area contributed by atoms with Crippen molar-refractivity contribution in [2.24, 2.45) is 11.7 Å². The summed E-state index contributed by atoms with van der Waals surface area (Å²) in [5.74, 6) is 0.856. The minimum atomic E-state index is 0.0917. The molecule has 0 amide bonds. The lowest BCUT2D eigenvalue weighted by molar-refractivity contribution is 0.000540. The van der Waals surface area contributed by atoms with E-state index in [1.165, 1.54) is 49.8 Å². The molecular weight excluding hydrogens is 244 g/mol. The van der Waals surface area contributed by atoms with Gasteiger partial charge in [-0.1, -0.05) is 31.2 Å². The molecule has 1 saturated heterocycles. The first kappa shape index (κ1) is 14.1. The van der Waals surface area contributed by atoms with E-state index in [1.54, 1.807) is 0 Å². The normalized spacial score (nSPS) is 34.8. The van der Waals surface area contributed by atoms with E-state index in [1.807, 2.05) is 0 Å². The van der Waals surface area contributed by atoms with E-state index in [9.17, 15) is 0 Å². The molecule has 3 atom stereocenters. The number of benzene rings is 1. The van der Waals surface area contributed by atoms with Gasteiger partial charge in [-0.2, -0.15) is 0 Å². The lowest BCUT2D eigenvalue weighted by Gasteiger charge is -2.52. The molecular formula is C18H28N2. The molecule has 0 aromatic heterocycles. The molecule has 1 fully saturated rings. The topological polar surface area (TPSA) is 29.3 Å². The van der Waals surface area contributed by atoms with E-state index in [2.05, 4.69) is 43.0 Å². The van der Waals surface area contributed by atoms with E-state index < -0.39 is 0 Å². The highest BCUT2D eigenvalue weighted by molar-refractivity contribution is 5.37. The van der Waals surface area contributed by atoms with Gasteiger partial charge >= 0.3 is 0 Å². The monoisotopic (exact) mass is 272 g/mol. The van der Waals surface area contributed by atoms with Gasteiger partial charge in [-0.3, -0.25) is 4.90 Å². The average Bonchev–Trinajstić information content (AvgIpc) is 2.47. The first-order valence-corrected chi connectivity index (χ1v) is 8.22. The largest absolute Gasteiger partial charge is 0.328 e. The summed E-state index contributed by atoms with van der Waals surface area (Å²) < 4.78 is 0. The number of fused-ring (bicyclic) bond motifs is 1. The molecule has 20 heavy (non-hydrogen) atoms. The van der Waals surface area contributed by atoms with Gasteiger partial charge in [0.05, 0.1) is 5.54 Å². The van der Waals surface area contributed by atoms with Gasteiger partial charge in [0, 0.05) is 12.6 Å². The van der Waals surface area contributed by atoms with Gasteiger partial charge < -0.3 is 5.73 Å². The average molecular weight is 272 g/mol. The molecule has 1 aliphatic heterocycles. The van der Waals surface area contributed by atoms with Crippen molar-refractivity contribution < 1.29 is 0 Å². The predicted octanol–water partition coefficient (Wildman–Crippen LogP) is 3.30. The van der Waals surface area contributed by atoms with Gasteiger partial charge in [0.2, 0.25) is 0 Å². The Labute approximate surface area is 123 Å². The van der Waals surface area contributed by atoms with Crippen molar-refractivity contribution in [3.05, 3.63) is 35.4 Å². The van der Waals surface area contributed by atoms with Gasteiger partial charge in [-0.25, -0.2) is 0 Å². The Hall–Kier alpha value is -0.860. The molecule has 2 N–H and O–H groups in total. The van der Waals surface area contributed by atoms with Crippen molar-refractivity contribution in [3.8, 4) is 0 Å². The van der Waals surface area contributed by atoms with Crippen LogP contribution in [0.15, 0.2) is 24.3 Å². The fourth-order valence-electron chi connectivity index (χ4n) is 4.57. The minimum absolute atomic E-state index is 0.0917. The lowest BCUT2D eigenvalue weighted by Crippen LogP contribution is -2.58. The molecule has 1 aromatic carbocycles. The van der Waals surface area contributed by atoms with E-state index in [0.717, 1.165) is 12.5 Å². The fraction of sp³-hybridized carbons (Fsp3) is 0.667. The summed E-state index contributed by atoms with van der Waals surface area (Å²) in [7, 11) is 0. The van der Waals surface area contributed by atoms with Crippen LogP contribution in [0.3, 0.4) is 0 Å². The van der Waals surface area contributed by atoms with Gasteiger partial charge in [-0.05, 0) is 62.6 Å². The van der Waals surface area contributed by atoms with E-state index in [-0.39, 0.29) is 5.54 Å². The summed E-state index contributed by atoms with van der Waals surface area (Å²) in [6.07, 6.45) is 6.33. The third kappa shape index (κ3) is 2.19. The molecule has 3 rings (SSSR count). The van der Waals surface area contributed by atoms with Crippen LogP contribution in [0.4, 0.5) is 0 Å². The third-order valence-electron chi connectivity index (χ3n) is 5.58. The summed E-state index contributed by atoms with van der Waals surface area (Å²) in [4.78, 5) is 2.73. The number of nitrogens with two attached hydrogens (primary N) is 1. The molecule has 0 radical (unpaired) electrons. The molecule has 1 aliphatic carbocycles. The highest BCUT2D eigenvalue weighted by Crippen LogP contribution is 2.43. The SMILES string of the molecule is CC1CCN(C2(CN)CCCc3ccccc32)C(C)C1. The Morgan fingerprint density at radius 1 is 1.30 bits per heavy atom. The van der Waals surface area contributed by atoms with Crippen LogP contribution >= 0.6 is 0 Å². The van der Waals surface area contributed by atoms with E-state index >= 15 is 0 Å². The zero-order valence-corrected chi connectivity index (χ0v) is 12.9. The predicted molar refractivity (Wildman–Crippen MR) is 84.7 cm³/mol. The molecule has 2 aliphatic rings. The van der Waals surface area contributed by atoms with Crippen LogP contribution in [-0.2, 0) is 12.0 Å². The molecule has 1 aromatic rings. The third-order valence-corrected chi connectivity index (χ3v) is 5.58. The number of hydrogen-bond donors (Lipinski definition) is 1. The summed E-state index contributed by atoms with van der Waals surface area (Å²) in [5.41, 5.74) is 9.46. The second-order valence-corrected chi connectivity index (χ2v) is 6.92. The first-order valence-electron chi connectivity index (χ1n) is 8.22. The second-order valence-electron chi connectivity index (χ2n) is 6.92. The first-order chi connectivity index (χ1) is 9.67. The Morgan fingerprint density at radius 2 is 2.10 bits per heavy atom. The summed E-state index contributed by atoms with van der Waals surface area (Å²) in [6, 6.07) is 9.63. The van der Waals surface area contributed by atoms with Crippen molar-refractivity contribution in [2.45, 2.75) is 57.5 Å². The van der Waals surface area contributed by atoms with Gasteiger partial charge in [-0.15, -0.1) is 0 Å². The summed E-state index contributed by atoms with van der Waals surface area (Å²) >= 11 is 0. The number of rotatable bonds is 2. The summed E-state index contributed by atoms with van der Waals surface area (Å²) in [5, 5.41) is 0. The molecule has 3 unspecified atom stereocenters. The van der Waals surface area contributed by atoms with Crippen LogP contribution in [0.5, 0.6) is 0 Å². The maximum absolute atomic E-state index is 6.34. The van der Waals surface area contributed by atoms with E-state index in [0.29, 0.717) is 6.04 Å². The van der Waals surface area contributed by atoms with Crippen molar-refractivity contribution in [3.63, 3.8) is 0 Å². The zero-order chi connectivity index (χ0) is 14.2. The van der Waals surface area contributed by atoms with Crippen LogP contribution < -0.4 is 5.73 Å². The number of hydrogen-bond acceptors (Lipinski definition) is 2. The van der Waals surface area contributed by atoms with Gasteiger partial charge in [0.15, 0.2) is 0 Å². The smallest absolute Gasteiger partial charge is 0.0588 e. The molecule has 1 heterocycles. The molecule has 2 nitrogen and oxygen atoms in total. The van der Waals surface area contributed by atoms with Gasteiger partial charge in [0.1, 0.15) is 0 Å². The number of nitrogens with zero attached hydrogens (tertiary/aromatic N) is 1. The maximum atomic E-state index is 6.34. The number of likely N-dealkylation sites (tertiary alicyclic amines) is 1. The van der Waals surface area contributed by atoms with Crippen LogP contribution in [0, 0.1) is 5.92 Å². The van der Waals surface area contributed by atoms with Crippen LogP contribution in [0.1, 0.15) is 50.7 Å². The van der Waals surface area contributed by atoms with Crippen LogP contribution in [0.2, 0.25) is 0 Å². The highest BCUT2D eigenvalue weighted by Gasteiger charge is 2.43. The van der Waals surface area contributed by atoms with Crippen molar-refractivity contribution in [2.75, 3.05) is 13.1 Å². The van der Waals surface area contributed by atoms with Gasteiger partial charge in [0.25, 0.3) is 0 Å². The number of aryl methyl sites for hydroxylation is 1. The quantitative estimate of drug-likeness (QED) is 0.895. The van der Waals surface area contributed by atoms with Crippen molar-refractivity contribution in [1.82, 2.24) is 4.90 Å². The molecule has 0 spiro atoms. The Kier molecular flexibility index (Phi) is 3.87. The Bertz CT molecular complexity index is 470. The maximum Gasteiger partial charge on any atom is 0.0588 e. The molecule has 0 bridgehead atoms. The minimum Gasteiger partial charge on any atom is -0.328 e. The Balaban J connectivity index is 2.00. The van der Waals surface area contributed by atoms with Crippen LogP contribution in [0.25, 0.3) is 0 Å². The van der Waals surface area contributed by atoms with E-state index in [4.69, 9.17) is 5.73 Å². The molecule has 110 valence electrons. The molecule has 2 heteroatoms. The highest BCUT2D eigenvalue weighted by atomic mass is 15.2. The van der Waals surface area contributed by atoms with Crippen LogP contribution in [-0.4, -0.2) is 24.0 Å².